The summed E-state index contributed by atoms with van der Waals surface area (Å²) in [6.45, 7) is 2.86. The number of ether oxygens (including phenoxy) is 1. The summed E-state index contributed by atoms with van der Waals surface area (Å²) in [7, 11) is 0.553. The van der Waals surface area contributed by atoms with Gasteiger partial charge in [-0.3, -0.25) is 19.5 Å². The van der Waals surface area contributed by atoms with Gasteiger partial charge >= 0.3 is 7.12 Å². The number of hydrazine groups is 1. The van der Waals surface area contributed by atoms with Crippen molar-refractivity contribution in [1.29, 1.82) is 0 Å². The fourth-order valence-electron chi connectivity index (χ4n) is 8.23. The van der Waals surface area contributed by atoms with Crippen molar-refractivity contribution in [3.05, 3.63) is 12.2 Å². The quantitative estimate of drug-likeness (QED) is 0.0927. The molecule has 13 heteroatoms. The lowest BCUT2D eigenvalue weighted by atomic mass is 9.63. The Bertz CT molecular complexity index is 1040. The van der Waals surface area contributed by atoms with Gasteiger partial charge in [0.2, 0.25) is 11.8 Å². The number of fused-ring (bicyclic) bond motifs is 3. The van der Waals surface area contributed by atoms with E-state index in [1.807, 2.05) is 13.2 Å². The van der Waals surface area contributed by atoms with E-state index in [0.717, 1.165) is 70.6 Å². The van der Waals surface area contributed by atoms with E-state index in [1.165, 1.54) is 5.71 Å². The van der Waals surface area contributed by atoms with Crippen molar-refractivity contribution in [3.63, 3.8) is 0 Å². The molecule has 2 heterocycles. The summed E-state index contributed by atoms with van der Waals surface area (Å²) < 4.78 is 5.85. The van der Waals surface area contributed by atoms with Crippen LogP contribution in [0.5, 0.6) is 0 Å². The summed E-state index contributed by atoms with van der Waals surface area (Å²) in [6.07, 6.45) is 14.3. The first kappa shape index (κ1) is 33.8. The van der Waals surface area contributed by atoms with E-state index in [9.17, 15) is 19.6 Å². The highest BCUT2D eigenvalue weighted by Gasteiger charge is 2.50. The Labute approximate surface area is 267 Å². The first-order valence-corrected chi connectivity index (χ1v) is 17.3. The van der Waals surface area contributed by atoms with Crippen molar-refractivity contribution in [1.82, 2.24) is 26.4 Å². The number of rotatable bonds is 10. The Morgan fingerprint density at radius 1 is 1.05 bits per heavy atom. The number of carbonyl (C=O) groups excluding carboxylic acids is 2. The van der Waals surface area contributed by atoms with Gasteiger partial charge in [0.05, 0.1) is 30.9 Å². The number of aliphatic imine (C=N–C) groups is 1. The van der Waals surface area contributed by atoms with E-state index >= 15 is 0 Å². The number of hydrogen-bond donors (Lipinski definition) is 6. The minimum atomic E-state index is -1.26. The van der Waals surface area contributed by atoms with Gasteiger partial charge in [-0.05, 0) is 88.4 Å². The normalized spacial score (nSPS) is 37.9. The molecule has 5 rings (SSSR count). The van der Waals surface area contributed by atoms with Crippen molar-refractivity contribution in [3.8, 4) is 0 Å². The number of hydrogen-bond acceptors (Lipinski definition) is 9. The highest BCUT2D eigenvalue weighted by molar-refractivity contribution is 6.43. The molecule has 11 nitrogen and oxygen atoms in total. The van der Waals surface area contributed by atoms with Gasteiger partial charge in [-0.1, -0.05) is 18.9 Å². The largest absolute Gasteiger partial charge is 0.454 e. The molecule has 0 bridgehead atoms. The van der Waals surface area contributed by atoms with E-state index < -0.39 is 7.12 Å². The third-order valence-corrected chi connectivity index (χ3v) is 11.2. The van der Waals surface area contributed by atoms with Crippen molar-refractivity contribution < 1.29 is 24.4 Å². The van der Waals surface area contributed by atoms with Gasteiger partial charge in [0, 0.05) is 43.2 Å². The molecule has 2 amide bonds. The van der Waals surface area contributed by atoms with Crippen LogP contribution in [0.15, 0.2) is 17.1 Å². The van der Waals surface area contributed by atoms with E-state index in [0.29, 0.717) is 31.0 Å². The number of nitrogens with zero attached hydrogens (tertiary/aromatic N) is 2. The second kappa shape index (κ2) is 15.8. The van der Waals surface area contributed by atoms with Crippen LogP contribution in [-0.4, -0.2) is 95.7 Å². The van der Waals surface area contributed by atoms with Crippen molar-refractivity contribution in [2.45, 2.75) is 126 Å². The van der Waals surface area contributed by atoms with Crippen LogP contribution in [0.1, 0.15) is 84.0 Å². The number of allylic oxidation sites excluding steroid dienone is 1. The van der Waals surface area contributed by atoms with E-state index in [4.69, 9.17) is 21.3 Å². The van der Waals surface area contributed by atoms with Crippen molar-refractivity contribution in [2.24, 2.45) is 22.7 Å². The molecule has 4 fully saturated rings. The first-order valence-electron chi connectivity index (χ1n) is 16.8. The summed E-state index contributed by atoms with van der Waals surface area (Å²) in [5.74, 6) is 0.631. The van der Waals surface area contributed by atoms with Crippen LogP contribution < -0.4 is 21.5 Å². The highest BCUT2D eigenvalue weighted by Crippen LogP contribution is 2.42. The Balaban J connectivity index is 1.17. The molecule has 246 valence electrons. The van der Waals surface area contributed by atoms with E-state index in [1.54, 1.807) is 6.08 Å². The summed E-state index contributed by atoms with van der Waals surface area (Å²) in [6, 6.07) is 0.103. The molecule has 2 aliphatic heterocycles. The van der Waals surface area contributed by atoms with Crippen LogP contribution in [0.3, 0.4) is 0 Å². The van der Waals surface area contributed by atoms with E-state index in [-0.39, 0.29) is 59.8 Å². The summed E-state index contributed by atoms with van der Waals surface area (Å²) in [5, 5.41) is 24.8. The Morgan fingerprint density at radius 3 is 2.48 bits per heavy atom. The maximum absolute atomic E-state index is 13.2. The SMILES string of the molecule is COC1CCC2C(C1)C(C1CCC(Cl)CC1)=N[C@@H](CC(=O)NCCNC(=O)/C=C/C1CCC(B(O)O)CC1)C1NNC(C)N21. The lowest BCUT2D eigenvalue weighted by Crippen LogP contribution is -2.55. The molecule has 0 aromatic carbocycles. The van der Waals surface area contributed by atoms with Crippen LogP contribution >= 0.6 is 11.6 Å². The molecule has 6 N–H and O–H groups in total. The standard InChI is InChI=1S/C31H52BClN6O5/c1-19-37-38-31-26(18-29(41)35-16-15-34-28(40)14-5-20-3-8-22(9-4-20)32(42)43)36-30(21-6-10-23(33)11-7-21)25-17-24(44-2)12-13-27(25)39(19)31/h5,14,19-27,31,37-38,42-43H,3-4,6-13,15-18H2,1-2H3,(H,34,40)(H,35,41)/b14-5+/t19?,20?,21?,22?,23?,24?,25?,26-,27?,31?/m0/s1. The number of amides is 2. The van der Waals surface area contributed by atoms with Crippen LogP contribution in [-0.2, 0) is 14.3 Å². The lowest BCUT2D eigenvalue weighted by molar-refractivity contribution is -0.122. The highest BCUT2D eigenvalue weighted by atomic mass is 35.5. The van der Waals surface area contributed by atoms with Crippen LogP contribution in [0.2, 0.25) is 5.82 Å². The summed E-state index contributed by atoms with van der Waals surface area (Å²) in [5.41, 5.74) is 8.14. The minimum Gasteiger partial charge on any atom is -0.427 e. The monoisotopic (exact) mass is 634 g/mol. The molecule has 44 heavy (non-hydrogen) atoms. The Hall–Kier alpha value is -1.54. The second-order valence-corrected chi connectivity index (χ2v) is 14.2. The van der Waals surface area contributed by atoms with E-state index in [2.05, 4.69) is 33.3 Å². The minimum absolute atomic E-state index is 0.0717. The van der Waals surface area contributed by atoms with Crippen molar-refractivity contribution >= 4 is 36.2 Å². The molecule has 3 saturated carbocycles. The number of halogens is 1. The third kappa shape index (κ3) is 8.43. The zero-order valence-electron chi connectivity index (χ0n) is 26.3. The third-order valence-electron chi connectivity index (χ3n) is 10.7. The molecule has 5 aliphatic rings. The van der Waals surface area contributed by atoms with Gasteiger partial charge in [-0.15, -0.1) is 11.6 Å². The second-order valence-electron chi connectivity index (χ2n) is 13.6. The molecule has 5 unspecified atom stereocenters. The number of carbonyl (C=O) groups is 2. The average molecular weight is 635 g/mol. The fourth-order valence-corrected chi connectivity index (χ4v) is 8.48. The van der Waals surface area contributed by atoms with Gasteiger partial charge in [0.1, 0.15) is 0 Å². The Kier molecular flexibility index (Phi) is 12.2. The molecule has 0 radical (unpaired) electrons. The Morgan fingerprint density at radius 2 is 1.77 bits per heavy atom. The molecule has 1 saturated heterocycles. The smallest absolute Gasteiger partial charge is 0.427 e. The molecular formula is C31H52BClN6O5. The van der Waals surface area contributed by atoms with Gasteiger partial charge in [-0.25, -0.2) is 10.9 Å². The molecule has 6 atom stereocenters. The van der Waals surface area contributed by atoms with Crippen LogP contribution in [0, 0.1) is 17.8 Å². The van der Waals surface area contributed by atoms with Gasteiger partial charge in [0.25, 0.3) is 0 Å². The topological polar surface area (TPSA) is 148 Å². The van der Waals surface area contributed by atoms with Crippen LogP contribution in [0.4, 0.5) is 0 Å². The fraction of sp³-hybridized carbons (Fsp3) is 0.839. The maximum atomic E-state index is 13.2. The summed E-state index contributed by atoms with van der Waals surface area (Å²) in [4.78, 5) is 33.5. The molecule has 0 aromatic rings. The molecular weight excluding hydrogens is 583 g/mol. The van der Waals surface area contributed by atoms with Gasteiger partial charge in [-0.2, -0.15) is 0 Å². The predicted octanol–water partition coefficient (Wildman–Crippen LogP) is 2.08. The maximum Gasteiger partial charge on any atom is 0.454 e. The average Bonchev–Trinajstić information content (AvgIpc) is 3.35. The number of nitrogens with one attached hydrogen (secondary N) is 4. The first-order chi connectivity index (χ1) is 21.2. The summed E-state index contributed by atoms with van der Waals surface area (Å²) >= 11 is 6.49. The van der Waals surface area contributed by atoms with Crippen molar-refractivity contribution in [2.75, 3.05) is 20.2 Å². The van der Waals surface area contributed by atoms with Gasteiger partial charge < -0.3 is 25.4 Å². The molecule has 0 spiro atoms. The number of methoxy groups -OCH3 is 1. The zero-order chi connectivity index (χ0) is 31.2. The van der Waals surface area contributed by atoms with Gasteiger partial charge in [0.15, 0.2) is 0 Å². The zero-order valence-corrected chi connectivity index (χ0v) is 27.1. The lowest BCUT2D eigenvalue weighted by Gasteiger charge is -2.44. The predicted molar refractivity (Wildman–Crippen MR) is 172 cm³/mol. The number of alkyl halides is 1. The van der Waals surface area contributed by atoms with Crippen LogP contribution in [0.25, 0.3) is 0 Å². The molecule has 3 aliphatic carbocycles. The molecule has 0 aromatic heterocycles.